The quantitative estimate of drug-likeness (QED) is 0.256. The van der Waals surface area contributed by atoms with Crippen LogP contribution in [0.15, 0.2) is 66.5 Å². The molecule has 9 nitrogen and oxygen atoms in total. The lowest BCUT2D eigenvalue weighted by Gasteiger charge is -2.33. The summed E-state index contributed by atoms with van der Waals surface area (Å²) < 4.78 is 21.5. The van der Waals surface area contributed by atoms with Crippen molar-refractivity contribution in [1.82, 2.24) is 24.6 Å². The van der Waals surface area contributed by atoms with Gasteiger partial charge in [0, 0.05) is 18.7 Å². The maximum atomic E-state index is 14.0. The molecular formula is C30H30FN7O2. The van der Waals surface area contributed by atoms with Crippen LogP contribution >= 0.6 is 0 Å². The monoisotopic (exact) mass is 539 g/mol. The van der Waals surface area contributed by atoms with Gasteiger partial charge in [-0.15, -0.1) is 0 Å². The summed E-state index contributed by atoms with van der Waals surface area (Å²) in [5.41, 5.74) is 8.07. The van der Waals surface area contributed by atoms with Crippen LogP contribution in [0.25, 0.3) is 22.3 Å². The van der Waals surface area contributed by atoms with Crippen LogP contribution in [-0.2, 0) is 4.79 Å². The molecule has 1 atom stereocenters. The standard InChI is InChI=1S/C30H30FN7O2/c1-30(2,3)15-20(16-32)29(39)37-14-6-7-21(17-37)38-28-25(27(33)34-18-35-28)26(36-38)19-10-12-22(13-11-19)40-24-9-5-4-8-23(24)31/h4-5,8-13,15,18,21H,6-7,14,17H2,1-3H3,(H2,33,34,35). The number of benzene rings is 2. The fourth-order valence-corrected chi connectivity index (χ4v) is 4.87. The minimum atomic E-state index is -0.447. The number of amides is 1. The second-order valence-electron chi connectivity index (χ2n) is 10.9. The van der Waals surface area contributed by atoms with Gasteiger partial charge in [0.15, 0.2) is 17.2 Å². The van der Waals surface area contributed by atoms with Crippen molar-refractivity contribution in [1.29, 1.82) is 5.26 Å². The number of para-hydroxylation sites is 1. The summed E-state index contributed by atoms with van der Waals surface area (Å²) in [7, 11) is 0. The molecule has 1 unspecified atom stereocenters. The van der Waals surface area contributed by atoms with Gasteiger partial charge in [-0.2, -0.15) is 10.4 Å². The van der Waals surface area contributed by atoms with Gasteiger partial charge in [-0.25, -0.2) is 19.0 Å². The molecular weight excluding hydrogens is 509 g/mol. The Bertz CT molecular complexity index is 1630. The first-order valence-corrected chi connectivity index (χ1v) is 13.1. The largest absolute Gasteiger partial charge is 0.454 e. The molecule has 0 radical (unpaired) electrons. The molecule has 4 aromatic rings. The molecule has 1 saturated heterocycles. The highest BCUT2D eigenvalue weighted by atomic mass is 19.1. The molecule has 1 fully saturated rings. The van der Waals surface area contributed by atoms with Crippen molar-refractivity contribution >= 4 is 22.8 Å². The van der Waals surface area contributed by atoms with E-state index in [9.17, 15) is 14.4 Å². The zero-order chi connectivity index (χ0) is 28.4. The molecule has 2 aromatic heterocycles. The van der Waals surface area contributed by atoms with Crippen molar-refractivity contribution in [3.8, 4) is 28.8 Å². The fraction of sp³-hybridized carbons (Fsp3) is 0.300. The van der Waals surface area contributed by atoms with E-state index in [1.165, 1.54) is 12.4 Å². The van der Waals surface area contributed by atoms with Gasteiger partial charge in [0.05, 0.1) is 11.4 Å². The summed E-state index contributed by atoms with van der Waals surface area (Å²) in [6.45, 7) is 6.81. The van der Waals surface area contributed by atoms with Crippen LogP contribution in [0.5, 0.6) is 11.5 Å². The molecule has 0 bridgehead atoms. The smallest absolute Gasteiger partial charge is 0.264 e. The number of nitrogens with zero attached hydrogens (tertiary/aromatic N) is 6. The van der Waals surface area contributed by atoms with Crippen LogP contribution in [0.3, 0.4) is 0 Å². The van der Waals surface area contributed by atoms with Gasteiger partial charge < -0.3 is 15.4 Å². The molecule has 204 valence electrons. The number of carbonyl (C=O) groups excluding carboxylic acids is 1. The van der Waals surface area contributed by atoms with Crippen LogP contribution in [0.1, 0.15) is 39.7 Å². The van der Waals surface area contributed by atoms with Gasteiger partial charge in [-0.05, 0) is 54.7 Å². The predicted octanol–water partition coefficient (Wildman–Crippen LogP) is 5.67. The van der Waals surface area contributed by atoms with Crippen molar-refractivity contribution in [2.75, 3.05) is 18.8 Å². The lowest BCUT2D eigenvalue weighted by Crippen LogP contribution is -2.41. The van der Waals surface area contributed by atoms with Gasteiger partial charge in [-0.1, -0.05) is 39.0 Å². The summed E-state index contributed by atoms with van der Waals surface area (Å²) in [5, 5.41) is 15.2. The van der Waals surface area contributed by atoms with E-state index in [-0.39, 0.29) is 28.7 Å². The summed E-state index contributed by atoms with van der Waals surface area (Å²) in [6.07, 6.45) is 4.65. The van der Waals surface area contributed by atoms with Crippen molar-refractivity contribution < 1.29 is 13.9 Å². The lowest BCUT2D eigenvalue weighted by atomic mass is 9.93. The van der Waals surface area contributed by atoms with Crippen LogP contribution in [0, 0.1) is 22.6 Å². The highest BCUT2D eigenvalue weighted by Gasteiger charge is 2.30. The van der Waals surface area contributed by atoms with Crippen LogP contribution in [0.2, 0.25) is 0 Å². The molecule has 2 N–H and O–H groups in total. The van der Waals surface area contributed by atoms with Crippen LogP contribution in [-0.4, -0.2) is 43.6 Å². The number of likely N-dealkylation sites (tertiary alicyclic amines) is 1. The number of rotatable bonds is 5. The molecule has 40 heavy (non-hydrogen) atoms. The van der Waals surface area contributed by atoms with Gasteiger partial charge in [0.2, 0.25) is 0 Å². The summed E-state index contributed by atoms with van der Waals surface area (Å²) in [5.74, 6) is 0.174. The zero-order valence-corrected chi connectivity index (χ0v) is 22.6. The van der Waals surface area contributed by atoms with E-state index in [2.05, 4.69) is 16.0 Å². The van der Waals surface area contributed by atoms with Crippen molar-refractivity contribution in [2.24, 2.45) is 5.41 Å². The Kier molecular flexibility index (Phi) is 7.22. The van der Waals surface area contributed by atoms with Gasteiger partial charge in [0.1, 0.15) is 35.2 Å². The first-order valence-electron chi connectivity index (χ1n) is 13.1. The van der Waals surface area contributed by atoms with E-state index in [1.54, 1.807) is 41.3 Å². The molecule has 1 amide bonds. The second kappa shape index (κ2) is 10.8. The Morgan fingerprint density at radius 1 is 1.18 bits per heavy atom. The summed E-state index contributed by atoms with van der Waals surface area (Å²) >= 11 is 0. The molecule has 1 aliphatic rings. The topological polar surface area (TPSA) is 123 Å². The molecule has 10 heteroatoms. The highest BCUT2D eigenvalue weighted by molar-refractivity contribution is 5.99. The molecule has 0 aliphatic carbocycles. The van der Waals surface area contributed by atoms with Crippen LogP contribution < -0.4 is 10.5 Å². The van der Waals surface area contributed by atoms with E-state index in [4.69, 9.17) is 15.6 Å². The Morgan fingerprint density at radius 3 is 2.62 bits per heavy atom. The third kappa shape index (κ3) is 5.50. The number of ether oxygens (including phenoxy) is 1. The van der Waals surface area contributed by atoms with Gasteiger partial charge in [0.25, 0.3) is 5.91 Å². The average molecular weight is 540 g/mol. The molecule has 1 aliphatic heterocycles. The maximum absolute atomic E-state index is 14.0. The first-order chi connectivity index (χ1) is 19.1. The SMILES string of the molecule is CC(C)(C)C=C(C#N)C(=O)N1CCCC(n2nc(-c3ccc(Oc4ccccc4F)cc3)c3c(N)ncnc32)C1. The normalized spacial score (nSPS) is 16.1. The Labute approximate surface area is 231 Å². The van der Waals surface area contributed by atoms with E-state index < -0.39 is 5.82 Å². The third-order valence-electron chi connectivity index (χ3n) is 6.67. The summed E-state index contributed by atoms with van der Waals surface area (Å²) in [4.78, 5) is 23.6. The van der Waals surface area contributed by atoms with Gasteiger partial charge in [-0.3, -0.25) is 4.79 Å². The number of aromatic nitrogens is 4. The average Bonchev–Trinajstić information content (AvgIpc) is 3.34. The van der Waals surface area contributed by atoms with Gasteiger partial charge >= 0.3 is 0 Å². The van der Waals surface area contributed by atoms with Crippen molar-refractivity contribution in [2.45, 2.75) is 39.7 Å². The molecule has 5 rings (SSSR count). The highest BCUT2D eigenvalue weighted by Crippen LogP contribution is 2.35. The minimum absolute atomic E-state index is 0.135. The molecule has 2 aromatic carbocycles. The lowest BCUT2D eigenvalue weighted by molar-refractivity contribution is -0.128. The predicted molar refractivity (Wildman–Crippen MR) is 150 cm³/mol. The Morgan fingerprint density at radius 2 is 1.93 bits per heavy atom. The van der Waals surface area contributed by atoms with E-state index in [1.807, 2.05) is 37.6 Å². The van der Waals surface area contributed by atoms with Crippen LogP contribution in [0.4, 0.5) is 10.2 Å². The number of hydrogen-bond donors (Lipinski definition) is 1. The third-order valence-corrected chi connectivity index (χ3v) is 6.67. The zero-order valence-electron chi connectivity index (χ0n) is 22.6. The number of halogens is 1. The van der Waals surface area contributed by atoms with E-state index in [0.717, 1.165) is 18.4 Å². The minimum Gasteiger partial charge on any atom is -0.454 e. The summed E-state index contributed by atoms with van der Waals surface area (Å²) in [6, 6.07) is 15.2. The number of allylic oxidation sites excluding steroid dienone is 1. The molecule has 3 heterocycles. The number of nitrogen functional groups attached to an aromatic ring is 1. The molecule has 0 saturated carbocycles. The number of piperidine rings is 1. The van der Waals surface area contributed by atoms with E-state index in [0.29, 0.717) is 41.4 Å². The number of carbonyl (C=O) groups is 1. The number of fused-ring (bicyclic) bond motifs is 1. The van der Waals surface area contributed by atoms with Crippen molar-refractivity contribution in [3.63, 3.8) is 0 Å². The Hall–Kier alpha value is -4.78. The number of hydrogen-bond acceptors (Lipinski definition) is 7. The maximum Gasteiger partial charge on any atom is 0.264 e. The number of nitrogens with two attached hydrogens (primary N) is 1. The van der Waals surface area contributed by atoms with Crippen molar-refractivity contribution in [3.05, 3.63) is 72.3 Å². The first kappa shape index (κ1) is 26.8. The number of nitriles is 1. The number of anilines is 1. The van der Waals surface area contributed by atoms with E-state index >= 15 is 0 Å². The fourth-order valence-electron chi connectivity index (χ4n) is 4.87. The Balaban J connectivity index is 1.46. The second-order valence-corrected chi connectivity index (χ2v) is 10.9. The molecule has 0 spiro atoms.